The van der Waals surface area contributed by atoms with Gasteiger partial charge in [-0.2, -0.15) is 0 Å². The van der Waals surface area contributed by atoms with Crippen LogP contribution < -0.4 is 0 Å². The number of ether oxygens (including phenoxy) is 1. The minimum absolute atomic E-state index is 0.330. The third-order valence-electron chi connectivity index (χ3n) is 7.96. The molecule has 0 aliphatic rings. The van der Waals surface area contributed by atoms with E-state index in [0.717, 1.165) is 51.4 Å². The van der Waals surface area contributed by atoms with E-state index in [1.54, 1.807) is 0 Å². The third kappa shape index (κ3) is 18.7. The van der Waals surface area contributed by atoms with Crippen molar-refractivity contribution >= 4 is 0 Å². The zero-order valence-corrected chi connectivity index (χ0v) is 25.1. The molecule has 4 unspecified atom stereocenters. The molecule has 0 heterocycles. The average Bonchev–Trinajstić information content (AvgIpc) is 2.90. The van der Waals surface area contributed by atoms with Crippen molar-refractivity contribution in [2.24, 2.45) is 0 Å². The van der Waals surface area contributed by atoms with Gasteiger partial charge in [0.2, 0.25) is 0 Å². The molecule has 0 bridgehead atoms. The van der Waals surface area contributed by atoms with E-state index in [1.807, 2.05) is 0 Å². The highest BCUT2D eigenvalue weighted by atomic mass is 16.5. The Bertz CT molecular complexity index is 460. The molecule has 0 aromatic heterocycles. The Kier molecular flexibility index (Phi) is 25.9. The highest BCUT2D eigenvalue weighted by Crippen LogP contribution is 2.30. The van der Waals surface area contributed by atoms with Crippen molar-refractivity contribution in [1.29, 1.82) is 0 Å². The smallest absolute Gasteiger partial charge is 0.119 e. The van der Waals surface area contributed by atoms with Crippen LogP contribution in [-0.4, -0.2) is 57.6 Å². The number of hydrogen-bond donors (Lipinski definition) is 4. The van der Waals surface area contributed by atoms with Gasteiger partial charge < -0.3 is 25.2 Å². The van der Waals surface area contributed by atoms with Crippen LogP contribution in [0.4, 0.5) is 0 Å². The molecule has 0 radical (unpaired) electrons. The van der Waals surface area contributed by atoms with Crippen molar-refractivity contribution in [2.75, 3.05) is 13.2 Å². The third-order valence-corrected chi connectivity index (χ3v) is 7.96. The molecule has 0 amide bonds. The summed E-state index contributed by atoms with van der Waals surface area (Å²) in [4.78, 5) is 0. The molecule has 4 N–H and O–H groups in total. The topological polar surface area (TPSA) is 90.2 Å². The van der Waals surface area contributed by atoms with Crippen LogP contribution in [0.15, 0.2) is 0 Å². The van der Waals surface area contributed by atoms with Gasteiger partial charge in [0.25, 0.3) is 0 Å². The highest BCUT2D eigenvalue weighted by Gasteiger charge is 2.45. The van der Waals surface area contributed by atoms with E-state index < -0.39 is 23.9 Å². The molecular formula is C32H66O5. The van der Waals surface area contributed by atoms with Crippen LogP contribution in [0.1, 0.15) is 168 Å². The standard InChI is InChI=1S/C32H66O5/c1-4-7-10-13-16-19-22-25-30(34)32(36,26-23-20-17-14-11-8-5-2)31(35)29(28-33)37-27-24-21-18-15-12-9-6-3/h29-31,33-36H,4-28H2,1-3H3. The minimum Gasteiger partial charge on any atom is -0.394 e. The monoisotopic (exact) mass is 530 g/mol. The Morgan fingerprint density at radius 2 is 0.973 bits per heavy atom. The summed E-state index contributed by atoms with van der Waals surface area (Å²) in [5.41, 5.74) is -1.65. The van der Waals surface area contributed by atoms with Crippen LogP contribution in [0.5, 0.6) is 0 Å². The quantitative estimate of drug-likeness (QED) is 0.0739. The number of hydrogen-bond acceptors (Lipinski definition) is 5. The SMILES string of the molecule is CCCCCCCCCOC(CO)C(O)C(O)(CCCCCCCCC)C(O)CCCCCCCCC. The maximum Gasteiger partial charge on any atom is 0.119 e. The lowest BCUT2D eigenvalue weighted by Gasteiger charge is -2.40. The molecule has 0 aromatic rings. The van der Waals surface area contributed by atoms with Crippen LogP contribution in [-0.2, 0) is 4.74 Å². The van der Waals surface area contributed by atoms with E-state index in [-0.39, 0.29) is 6.61 Å². The number of aliphatic hydroxyl groups excluding tert-OH is 3. The lowest BCUT2D eigenvalue weighted by atomic mass is 9.80. The van der Waals surface area contributed by atoms with E-state index in [0.29, 0.717) is 19.4 Å². The summed E-state index contributed by atoms with van der Waals surface area (Å²) in [6.45, 7) is 6.74. The molecule has 0 spiro atoms. The summed E-state index contributed by atoms with van der Waals surface area (Å²) in [6, 6.07) is 0. The lowest BCUT2D eigenvalue weighted by Crippen LogP contribution is -2.58. The second-order valence-electron chi connectivity index (χ2n) is 11.4. The maximum atomic E-state index is 11.6. The predicted octanol–water partition coefficient (Wildman–Crippen LogP) is 7.85. The second-order valence-corrected chi connectivity index (χ2v) is 11.4. The number of aliphatic hydroxyl groups is 4. The Morgan fingerprint density at radius 1 is 0.568 bits per heavy atom. The Labute approximate surface area is 230 Å². The number of rotatable bonds is 29. The Balaban J connectivity index is 4.78. The molecule has 0 aromatic carbocycles. The molecule has 5 heteroatoms. The first-order chi connectivity index (χ1) is 18.0. The summed E-state index contributed by atoms with van der Waals surface area (Å²) in [5.74, 6) is 0. The van der Waals surface area contributed by atoms with Crippen molar-refractivity contribution in [3.8, 4) is 0 Å². The van der Waals surface area contributed by atoms with Crippen molar-refractivity contribution < 1.29 is 25.2 Å². The molecule has 0 aliphatic carbocycles. The fraction of sp³-hybridized carbons (Fsp3) is 1.00. The molecule has 0 aliphatic heterocycles. The fourth-order valence-electron chi connectivity index (χ4n) is 5.28. The van der Waals surface area contributed by atoms with Crippen molar-refractivity contribution in [1.82, 2.24) is 0 Å². The summed E-state index contributed by atoms with van der Waals surface area (Å²) in [5, 5.41) is 43.8. The minimum atomic E-state index is -1.65. The van der Waals surface area contributed by atoms with E-state index in [2.05, 4.69) is 20.8 Å². The molecule has 0 rings (SSSR count). The van der Waals surface area contributed by atoms with Crippen molar-refractivity contribution in [2.45, 2.75) is 192 Å². The summed E-state index contributed by atoms with van der Waals surface area (Å²) < 4.78 is 5.86. The summed E-state index contributed by atoms with van der Waals surface area (Å²) >= 11 is 0. The average molecular weight is 531 g/mol. The zero-order chi connectivity index (χ0) is 27.6. The second kappa shape index (κ2) is 26.0. The lowest BCUT2D eigenvalue weighted by molar-refractivity contribution is -0.198. The van der Waals surface area contributed by atoms with Gasteiger partial charge in [0.1, 0.15) is 17.8 Å². The van der Waals surface area contributed by atoms with Gasteiger partial charge in [-0.1, -0.05) is 149 Å². The normalized spacial score (nSPS) is 16.0. The van der Waals surface area contributed by atoms with Gasteiger partial charge in [0.15, 0.2) is 0 Å². The van der Waals surface area contributed by atoms with Crippen LogP contribution in [0.2, 0.25) is 0 Å². The first-order valence-electron chi connectivity index (χ1n) is 16.3. The molecule has 5 nitrogen and oxygen atoms in total. The van der Waals surface area contributed by atoms with Gasteiger partial charge in [-0.15, -0.1) is 0 Å². The zero-order valence-electron chi connectivity index (χ0n) is 25.1. The van der Waals surface area contributed by atoms with E-state index in [4.69, 9.17) is 4.74 Å². The Hall–Kier alpha value is -0.200. The first-order valence-corrected chi connectivity index (χ1v) is 16.3. The molecule has 0 saturated carbocycles. The molecule has 224 valence electrons. The van der Waals surface area contributed by atoms with Gasteiger partial charge in [-0.3, -0.25) is 0 Å². The molecule has 0 fully saturated rings. The van der Waals surface area contributed by atoms with Crippen LogP contribution >= 0.6 is 0 Å². The largest absolute Gasteiger partial charge is 0.394 e. The fourth-order valence-corrected chi connectivity index (χ4v) is 5.28. The molecule has 4 atom stereocenters. The van der Waals surface area contributed by atoms with E-state index in [1.165, 1.54) is 83.5 Å². The maximum absolute atomic E-state index is 11.6. The van der Waals surface area contributed by atoms with E-state index >= 15 is 0 Å². The van der Waals surface area contributed by atoms with Crippen LogP contribution in [0.3, 0.4) is 0 Å². The van der Waals surface area contributed by atoms with Gasteiger partial charge in [0.05, 0.1) is 12.7 Å². The Morgan fingerprint density at radius 3 is 1.43 bits per heavy atom. The van der Waals surface area contributed by atoms with E-state index in [9.17, 15) is 20.4 Å². The van der Waals surface area contributed by atoms with Gasteiger partial charge >= 0.3 is 0 Å². The van der Waals surface area contributed by atoms with Gasteiger partial charge in [-0.05, 0) is 19.3 Å². The summed E-state index contributed by atoms with van der Waals surface area (Å²) in [7, 11) is 0. The van der Waals surface area contributed by atoms with Crippen molar-refractivity contribution in [3.05, 3.63) is 0 Å². The number of unbranched alkanes of at least 4 members (excludes halogenated alkanes) is 18. The van der Waals surface area contributed by atoms with Crippen molar-refractivity contribution in [3.63, 3.8) is 0 Å². The highest BCUT2D eigenvalue weighted by molar-refractivity contribution is 4.97. The van der Waals surface area contributed by atoms with Gasteiger partial charge in [-0.25, -0.2) is 0 Å². The first kappa shape index (κ1) is 36.8. The molecule has 37 heavy (non-hydrogen) atoms. The predicted molar refractivity (Wildman–Crippen MR) is 157 cm³/mol. The van der Waals surface area contributed by atoms with Gasteiger partial charge in [0, 0.05) is 6.61 Å². The summed E-state index contributed by atoms with van der Waals surface area (Å²) in [6.07, 6.45) is 21.5. The molecular weight excluding hydrogens is 464 g/mol. The van der Waals surface area contributed by atoms with Crippen LogP contribution in [0.25, 0.3) is 0 Å². The molecule has 0 saturated heterocycles. The van der Waals surface area contributed by atoms with Crippen LogP contribution in [0, 0.1) is 0 Å².